The van der Waals surface area contributed by atoms with Crippen LogP contribution in [0.3, 0.4) is 0 Å². The molecule has 2 rings (SSSR count). The molecule has 250 valence electrons. The van der Waals surface area contributed by atoms with Crippen molar-refractivity contribution in [1.29, 1.82) is 0 Å². The van der Waals surface area contributed by atoms with Crippen molar-refractivity contribution in [2.24, 2.45) is 29.6 Å². The predicted molar refractivity (Wildman–Crippen MR) is 198 cm³/mol. The Hall–Kier alpha value is 0.0338. The Morgan fingerprint density at radius 2 is 1.58 bits per heavy atom. The maximum atomic E-state index is 12.4. The van der Waals surface area contributed by atoms with Crippen LogP contribution in [0.2, 0.25) is 34.8 Å². The van der Waals surface area contributed by atoms with Crippen molar-refractivity contribution in [3.05, 3.63) is 23.3 Å². The van der Waals surface area contributed by atoms with E-state index in [2.05, 4.69) is 131 Å². The van der Waals surface area contributed by atoms with Crippen molar-refractivity contribution >= 4 is 45.2 Å². The van der Waals surface area contributed by atoms with Gasteiger partial charge in [-0.25, -0.2) is 0 Å². The van der Waals surface area contributed by atoms with Gasteiger partial charge in [0.25, 0.3) is 0 Å². The van der Waals surface area contributed by atoms with E-state index in [4.69, 9.17) is 13.6 Å². The van der Waals surface area contributed by atoms with Gasteiger partial charge in [-0.2, -0.15) is 0 Å². The summed E-state index contributed by atoms with van der Waals surface area (Å²) in [7, 11) is -3.80. The third kappa shape index (κ3) is 8.89. The fraction of sp³-hybridized carbons (Fsp3) is 0.861. The van der Waals surface area contributed by atoms with Crippen LogP contribution in [0.5, 0.6) is 0 Å². The Morgan fingerprint density at radius 3 is 2.05 bits per heavy atom. The highest BCUT2D eigenvalue weighted by Crippen LogP contribution is 2.55. The molecule has 0 bridgehead atoms. The molecular weight excluding hydrogens is 679 g/mol. The average molecular weight is 747 g/mol. The van der Waals surface area contributed by atoms with Crippen molar-refractivity contribution < 1.29 is 18.4 Å². The van der Waals surface area contributed by atoms with Crippen molar-refractivity contribution in [2.75, 3.05) is 11.0 Å². The number of hydrogen-bond acceptors (Lipinski definition) is 4. The molecule has 7 atom stereocenters. The summed E-state index contributed by atoms with van der Waals surface area (Å²) >= 11 is 2.59. The Kier molecular flexibility index (Phi) is 14.4. The minimum Gasteiger partial charge on any atom is -0.462 e. The van der Waals surface area contributed by atoms with Gasteiger partial charge in [-0.05, 0) is 79.7 Å². The highest BCUT2D eigenvalue weighted by Gasteiger charge is 2.58. The van der Waals surface area contributed by atoms with Crippen molar-refractivity contribution in [2.45, 2.75) is 156 Å². The summed E-state index contributed by atoms with van der Waals surface area (Å²) in [4.78, 5) is 12.4. The van der Waals surface area contributed by atoms with E-state index in [0.717, 1.165) is 30.3 Å². The summed E-state index contributed by atoms with van der Waals surface area (Å²) in [6.45, 7) is 35.1. The van der Waals surface area contributed by atoms with Gasteiger partial charge in [0.2, 0.25) is 8.32 Å². The summed E-state index contributed by atoms with van der Waals surface area (Å²) in [5.74, 6) is 1.50. The molecule has 2 aliphatic carbocycles. The summed E-state index contributed by atoms with van der Waals surface area (Å²) in [5.41, 5.74) is 4.51. The van der Waals surface area contributed by atoms with Gasteiger partial charge >= 0.3 is 5.97 Å². The maximum absolute atomic E-state index is 12.4. The normalized spacial score (nSPS) is 29.0. The van der Waals surface area contributed by atoms with Gasteiger partial charge in [-0.1, -0.05) is 115 Å². The molecule has 0 aromatic carbocycles. The van der Waals surface area contributed by atoms with Crippen LogP contribution in [0, 0.1) is 29.6 Å². The van der Waals surface area contributed by atoms with Crippen LogP contribution in [-0.2, 0) is 18.4 Å². The number of esters is 1. The molecule has 1 fully saturated rings. The third-order valence-corrected chi connectivity index (χ3v) is 23.2. The lowest BCUT2D eigenvalue weighted by atomic mass is 9.67. The first kappa shape index (κ1) is 39.2. The Bertz CT molecular complexity index is 958. The SMILES string of the molecule is CC(=O)O[C@H]1[C@H](C)[C@H](O[Si](C(C)C)(C(C)C)C(C)C)[C@@H]2C=C(C)[C@H](C/C=C(\C)CCCO[Si](C)(C)C(C)(C)C)[C@H](CI)[C@H]21. The molecule has 7 heteroatoms. The number of ether oxygens (including phenoxy) is 1. The molecule has 2 aliphatic rings. The monoisotopic (exact) mass is 746 g/mol. The maximum Gasteiger partial charge on any atom is 0.302 e. The lowest BCUT2D eigenvalue weighted by Crippen LogP contribution is -2.52. The summed E-state index contributed by atoms with van der Waals surface area (Å²) in [5, 5.41) is 0.253. The molecule has 0 aliphatic heterocycles. The summed E-state index contributed by atoms with van der Waals surface area (Å²) < 4.78 is 21.2. The molecule has 0 N–H and O–H groups in total. The first-order valence-corrected chi connectivity index (χ1v) is 23.7. The van der Waals surface area contributed by atoms with Gasteiger partial charge < -0.3 is 13.6 Å². The lowest BCUT2D eigenvalue weighted by molar-refractivity contribution is -0.152. The van der Waals surface area contributed by atoms with E-state index in [1.807, 2.05) is 0 Å². The topological polar surface area (TPSA) is 44.8 Å². The van der Waals surface area contributed by atoms with Gasteiger partial charge in [0.15, 0.2) is 8.32 Å². The van der Waals surface area contributed by atoms with E-state index < -0.39 is 16.6 Å². The number of rotatable bonds is 14. The number of fused-ring (bicyclic) bond motifs is 1. The van der Waals surface area contributed by atoms with Crippen LogP contribution in [0.25, 0.3) is 0 Å². The Balaban J connectivity index is 2.32. The van der Waals surface area contributed by atoms with E-state index in [-0.39, 0.29) is 35.1 Å². The predicted octanol–water partition coefficient (Wildman–Crippen LogP) is 11.1. The highest BCUT2D eigenvalue weighted by molar-refractivity contribution is 14.1. The first-order chi connectivity index (χ1) is 19.7. The zero-order valence-electron chi connectivity index (χ0n) is 30.5. The molecule has 0 saturated heterocycles. The third-order valence-electron chi connectivity index (χ3n) is 11.5. The van der Waals surface area contributed by atoms with E-state index in [9.17, 15) is 4.79 Å². The fourth-order valence-electron chi connectivity index (χ4n) is 8.20. The number of carbonyl (C=O) groups excluding carboxylic acids is 1. The van der Waals surface area contributed by atoms with Crippen LogP contribution in [0.4, 0.5) is 0 Å². The second-order valence-electron chi connectivity index (χ2n) is 16.3. The summed E-state index contributed by atoms with van der Waals surface area (Å²) in [6, 6.07) is 0. The van der Waals surface area contributed by atoms with Crippen molar-refractivity contribution in [3.63, 3.8) is 0 Å². The van der Waals surface area contributed by atoms with E-state index in [1.165, 1.54) is 11.1 Å². The van der Waals surface area contributed by atoms with Gasteiger partial charge in [0.05, 0.1) is 6.10 Å². The van der Waals surface area contributed by atoms with E-state index in [1.54, 1.807) is 6.92 Å². The van der Waals surface area contributed by atoms with E-state index in [0.29, 0.717) is 34.4 Å². The zero-order valence-corrected chi connectivity index (χ0v) is 34.6. The molecule has 0 spiro atoms. The standard InChI is InChI=1S/C36H67IO4Si2/c1-23(2)43(24(3)4,25(5)6)41-34-28(9)35(40-29(10)38)33-31(34)21-27(8)30(32(33)22-37)19-18-26(7)17-16-20-39-42(14,15)36(11,12)13/h18,21,23-25,28,30-35H,16-17,19-20,22H2,1-15H3/b26-18+/t28-,30+,31-,32+,33+,34+,35+/m1/s1. The van der Waals surface area contributed by atoms with Gasteiger partial charge in [0, 0.05) is 35.7 Å². The van der Waals surface area contributed by atoms with Crippen LogP contribution in [0.15, 0.2) is 23.3 Å². The molecule has 1 saturated carbocycles. The smallest absolute Gasteiger partial charge is 0.302 e. The number of allylic oxidation sites excluding steroid dienone is 3. The van der Waals surface area contributed by atoms with Crippen molar-refractivity contribution in [3.8, 4) is 0 Å². The Morgan fingerprint density at radius 1 is 1.02 bits per heavy atom. The lowest BCUT2D eigenvalue weighted by Gasteiger charge is -2.47. The van der Waals surface area contributed by atoms with E-state index >= 15 is 0 Å². The first-order valence-electron chi connectivity index (χ1n) is 17.1. The van der Waals surface area contributed by atoms with Crippen LogP contribution in [-0.4, -0.2) is 45.8 Å². The molecular formula is C36H67IO4Si2. The quantitative estimate of drug-likeness (QED) is 0.0443. The van der Waals surface area contributed by atoms with Crippen molar-refractivity contribution in [1.82, 2.24) is 0 Å². The number of alkyl halides is 1. The summed E-state index contributed by atoms with van der Waals surface area (Å²) in [6.07, 6.45) is 8.22. The van der Waals surface area contributed by atoms with Crippen LogP contribution in [0.1, 0.15) is 109 Å². The second kappa shape index (κ2) is 15.8. The number of carbonyl (C=O) groups is 1. The molecule has 0 aromatic rings. The zero-order chi connectivity index (χ0) is 33.1. The number of hydrogen-bond donors (Lipinski definition) is 0. The minimum atomic E-state index is -2.11. The van der Waals surface area contributed by atoms with Gasteiger partial charge in [-0.15, -0.1) is 0 Å². The molecule has 0 aromatic heterocycles. The van der Waals surface area contributed by atoms with Gasteiger partial charge in [0.1, 0.15) is 6.10 Å². The number of halogens is 1. The molecule has 0 heterocycles. The Labute approximate surface area is 282 Å². The molecule has 0 unspecified atom stereocenters. The molecule has 0 amide bonds. The fourth-order valence-corrected chi connectivity index (χ4v) is 16.1. The highest BCUT2D eigenvalue weighted by atomic mass is 127. The average Bonchev–Trinajstić information content (AvgIpc) is 3.11. The largest absolute Gasteiger partial charge is 0.462 e. The molecule has 4 nitrogen and oxygen atoms in total. The van der Waals surface area contributed by atoms with Crippen LogP contribution >= 0.6 is 22.6 Å². The van der Waals surface area contributed by atoms with Gasteiger partial charge in [-0.3, -0.25) is 4.79 Å². The second-order valence-corrected chi connectivity index (χ2v) is 27.4. The minimum absolute atomic E-state index is 0.0905. The molecule has 43 heavy (non-hydrogen) atoms. The molecule has 0 radical (unpaired) electrons. The van der Waals surface area contributed by atoms with Crippen LogP contribution < -0.4 is 0 Å².